The molecule has 1 saturated carbocycles. The Morgan fingerprint density at radius 1 is 1.35 bits per heavy atom. The van der Waals surface area contributed by atoms with Crippen LogP contribution in [0.15, 0.2) is 23.1 Å². The lowest BCUT2D eigenvalue weighted by molar-refractivity contribution is 0.166. The Bertz CT molecular complexity index is 577. The zero-order valence-corrected chi connectivity index (χ0v) is 13.0. The number of sulfonamides is 1. The van der Waals surface area contributed by atoms with Gasteiger partial charge in [0.15, 0.2) is 0 Å². The van der Waals surface area contributed by atoms with Crippen LogP contribution in [0.5, 0.6) is 0 Å². The largest absolute Gasteiger partial charge is 0.392 e. The van der Waals surface area contributed by atoms with Crippen molar-refractivity contribution in [2.45, 2.75) is 51.0 Å². The number of aliphatic hydroxyl groups is 1. The number of aliphatic hydroxyl groups excluding tert-OH is 1. The molecule has 0 spiro atoms. The fraction of sp³-hybridized carbons (Fsp3) is 0.600. The van der Waals surface area contributed by atoms with Crippen LogP contribution in [0.4, 0.5) is 0 Å². The fourth-order valence-corrected chi connectivity index (χ4v) is 4.10. The first kappa shape index (κ1) is 15.5. The molecule has 0 aliphatic heterocycles. The number of rotatable bonds is 6. The van der Waals surface area contributed by atoms with Crippen molar-refractivity contribution in [3.63, 3.8) is 0 Å². The lowest BCUT2D eigenvalue weighted by Gasteiger charge is -2.38. The summed E-state index contributed by atoms with van der Waals surface area (Å²) < 4.78 is 27.7. The van der Waals surface area contributed by atoms with Crippen molar-refractivity contribution in [1.82, 2.24) is 4.72 Å². The summed E-state index contributed by atoms with van der Waals surface area (Å²) in [6, 6.07) is 5.13. The summed E-state index contributed by atoms with van der Waals surface area (Å²) in [6.07, 6.45) is 3.98. The van der Waals surface area contributed by atoms with E-state index in [4.69, 9.17) is 0 Å². The van der Waals surface area contributed by atoms with Gasteiger partial charge in [-0.05, 0) is 41.9 Å². The van der Waals surface area contributed by atoms with Gasteiger partial charge in [0.1, 0.15) is 0 Å². The highest BCUT2D eigenvalue weighted by atomic mass is 32.2. The summed E-state index contributed by atoms with van der Waals surface area (Å²) >= 11 is 0. The van der Waals surface area contributed by atoms with E-state index in [1.807, 2.05) is 6.92 Å². The van der Waals surface area contributed by atoms with Crippen LogP contribution in [0.25, 0.3) is 0 Å². The van der Waals surface area contributed by atoms with Gasteiger partial charge in [0.05, 0.1) is 11.5 Å². The highest BCUT2D eigenvalue weighted by Crippen LogP contribution is 2.39. The highest BCUT2D eigenvalue weighted by molar-refractivity contribution is 7.89. The average Bonchev–Trinajstić information content (AvgIpc) is 2.42. The Morgan fingerprint density at radius 3 is 2.55 bits per heavy atom. The molecule has 0 bridgehead atoms. The Kier molecular flexibility index (Phi) is 4.52. The number of hydrogen-bond donors (Lipinski definition) is 2. The van der Waals surface area contributed by atoms with E-state index in [0.717, 1.165) is 18.4 Å². The van der Waals surface area contributed by atoms with Gasteiger partial charge in [-0.25, -0.2) is 13.1 Å². The summed E-state index contributed by atoms with van der Waals surface area (Å²) in [5.41, 5.74) is 1.51. The van der Waals surface area contributed by atoms with Gasteiger partial charge < -0.3 is 5.11 Å². The minimum atomic E-state index is -3.51. The Hall–Kier alpha value is -0.910. The molecule has 1 aliphatic rings. The van der Waals surface area contributed by atoms with Gasteiger partial charge >= 0.3 is 0 Å². The smallest absolute Gasteiger partial charge is 0.240 e. The third kappa shape index (κ3) is 3.22. The van der Waals surface area contributed by atoms with Gasteiger partial charge in [-0.3, -0.25) is 0 Å². The van der Waals surface area contributed by atoms with E-state index < -0.39 is 10.0 Å². The summed E-state index contributed by atoms with van der Waals surface area (Å²) in [5.74, 6) is 0. The predicted octanol–water partition coefficient (Wildman–Crippen LogP) is 2.21. The van der Waals surface area contributed by atoms with Crippen molar-refractivity contribution < 1.29 is 13.5 Å². The maximum absolute atomic E-state index is 12.5. The van der Waals surface area contributed by atoms with E-state index in [1.165, 1.54) is 6.42 Å². The minimum absolute atomic E-state index is 0.105. The van der Waals surface area contributed by atoms with Crippen molar-refractivity contribution in [3.05, 3.63) is 29.3 Å². The first-order chi connectivity index (χ1) is 9.40. The number of benzene rings is 1. The lowest BCUT2D eigenvalue weighted by atomic mass is 9.71. The quantitative estimate of drug-likeness (QED) is 0.846. The summed E-state index contributed by atoms with van der Waals surface area (Å²) in [7, 11) is -3.51. The van der Waals surface area contributed by atoms with Crippen LogP contribution in [0.3, 0.4) is 0 Å². The van der Waals surface area contributed by atoms with Gasteiger partial charge in [-0.1, -0.05) is 32.4 Å². The zero-order chi connectivity index (χ0) is 14.8. The van der Waals surface area contributed by atoms with Gasteiger partial charge in [-0.15, -0.1) is 0 Å². The van der Waals surface area contributed by atoms with Crippen LogP contribution in [0, 0.1) is 5.41 Å². The third-order valence-electron chi connectivity index (χ3n) is 4.23. The topological polar surface area (TPSA) is 66.4 Å². The van der Waals surface area contributed by atoms with E-state index in [2.05, 4.69) is 11.6 Å². The monoisotopic (exact) mass is 297 g/mol. The van der Waals surface area contributed by atoms with Crippen LogP contribution in [0.2, 0.25) is 0 Å². The molecule has 0 saturated heterocycles. The number of hydrogen-bond acceptors (Lipinski definition) is 3. The molecular formula is C15H23NO3S. The second-order valence-corrected chi connectivity index (χ2v) is 7.68. The molecule has 5 heteroatoms. The van der Waals surface area contributed by atoms with E-state index in [-0.39, 0.29) is 12.0 Å². The highest BCUT2D eigenvalue weighted by Gasteiger charge is 2.33. The molecule has 1 aromatic rings. The molecule has 1 aromatic carbocycles. The maximum atomic E-state index is 12.5. The molecule has 0 aromatic heterocycles. The molecule has 0 heterocycles. The zero-order valence-electron chi connectivity index (χ0n) is 12.1. The van der Waals surface area contributed by atoms with Crippen LogP contribution in [-0.2, 0) is 23.1 Å². The molecule has 112 valence electrons. The number of nitrogens with one attached hydrogen (secondary N) is 1. The molecular weight excluding hydrogens is 274 g/mol. The molecule has 0 amide bonds. The van der Waals surface area contributed by atoms with E-state index >= 15 is 0 Å². The molecule has 0 radical (unpaired) electrons. The SMILES string of the molecule is CCc1ccc(CO)cc1S(=O)(=O)NCC1(C)CCC1. The average molecular weight is 297 g/mol. The first-order valence-corrected chi connectivity index (χ1v) is 8.61. The van der Waals surface area contributed by atoms with Crippen LogP contribution < -0.4 is 4.72 Å². The lowest BCUT2D eigenvalue weighted by Crippen LogP contribution is -2.40. The molecule has 2 N–H and O–H groups in total. The van der Waals surface area contributed by atoms with Crippen LogP contribution in [-0.4, -0.2) is 20.1 Å². The van der Waals surface area contributed by atoms with E-state index in [9.17, 15) is 13.5 Å². The normalized spacial score (nSPS) is 17.8. The van der Waals surface area contributed by atoms with Gasteiger partial charge in [0, 0.05) is 6.54 Å². The summed E-state index contributed by atoms with van der Waals surface area (Å²) in [5, 5.41) is 9.18. The summed E-state index contributed by atoms with van der Waals surface area (Å²) in [6.45, 7) is 4.39. The van der Waals surface area contributed by atoms with E-state index in [0.29, 0.717) is 23.4 Å². The second-order valence-electron chi connectivity index (χ2n) is 5.94. The fourth-order valence-electron chi connectivity index (χ4n) is 2.54. The van der Waals surface area contributed by atoms with E-state index in [1.54, 1.807) is 18.2 Å². The Morgan fingerprint density at radius 2 is 2.05 bits per heavy atom. The molecule has 1 aliphatic carbocycles. The van der Waals surface area contributed by atoms with Crippen molar-refractivity contribution in [1.29, 1.82) is 0 Å². The Balaban J connectivity index is 2.23. The van der Waals surface area contributed by atoms with Gasteiger partial charge in [0.25, 0.3) is 0 Å². The van der Waals surface area contributed by atoms with Crippen molar-refractivity contribution in [2.75, 3.05) is 6.54 Å². The molecule has 1 fully saturated rings. The molecule has 20 heavy (non-hydrogen) atoms. The van der Waals surface area contributed by atoms with Crippen molar-refractivity contribution in [2.24, 2.45) is 5.41 Å². The summed E-state index contributed by atoms with van der Waals surface area (Å²) in [4.78, 5) is 0.300. The molecule has 4 nitrogen and oxygen atoms in total. The van der Waals surface area contributed by atoms with Gasteiger partial charge in [0.2, 0.25) is 10.0 Å². The van der Waals surface area contributed by atoms with Crippen LogP contribution in [0.1, 0.15) is 44.2 Å². The third-order valence-corrected chi connectivity index (χ3v) is 5.72. The van der Waals surface area contributed by atoms with Crippen molar-refractivity contribution >= 4 is 10.0 Å². The maximum Gasteiger partial charge on any atom is 0.240 e. The Labute approximate surface area is 121 Å². The second kappa shape index (κ2) is 5.84. The van der Waals surface area contributed by atoms with Crippen molar-refractivity contribution in [3.8, 4) is 0 Å². The molecule has 0 atom stereocenters. The minimum Gasteiger partial charge on any atom is -0.392 e. The predicted molar refractivity (Wildman–Crippen MR) is 78.9 cm³/mol. The molecule has 2 rings (SSSR count). The van der Waals surface area contributed by atoms with Crippen LogP contribution >= 0.6 is 0 Å². The molecule has 0 unspecified atom stereocenters. The standard InChI is InChI=1S/C15H23NO3S/c1-3-13-6-5-12(10-17)9-14(13)20(18,19)16-11-15(2)7-4-8-15/h5-6,9,16-17H,3-4,7-8,10-11H2,1-2H3. The van der Waals surface area contributed by atoms with Gasteiger partial charge in [-0.2, -0.15) is 0 Å². The first-order valence-electron chi connectivity index (χ1n) is 7.12. The number of aryl methyl sites for hydroxylation is 1.